The normalized spacial score (nSPS) is 0. The van der Waals surface area contributed by atoms with Crippen LogP contribution in [0.5, 0.6) is 0 Å². The maximum atomic E-state index is 0. The molecule has 0 N–H and O–H groups in total. The van der Waals surface area contributed by atoms with E-state index in [1.165, 1.54) is 0 Å². The second-order valence-electron chi connectivity index (χ2n) is 0. The summed E-state index contributed by atoms with van der Waals surface area (Å²) in [5.74, 6) is 0. The molecule has 0 saturated heterocycles. The van der Waals surface area contributed by atoms with E-state index < -0.39 is 0 Å². The summed E-state index contributed by atoms with van der Waals surface area (Å²) in [4.78, 5) is 0. The standard InChI is InChI=1S/3Ce.Ni. The second-order valence-corrected chi connectivity index (χ2v) is 0. The minimum absolute atomic E-state index is 0. The van der Waals surface area contributed by atoms with Crippen LogP contribution in [0.2, 0.25) is 0 Å². The van der Waals surface area contributed by atoms with Crippen LogP contribution in [-0.2, 0) is 16.5 Å². The first-order chi connectivity index (χ1) is 0. The molecule has 0 aliphatic rings. The van der Waals surface area contributed by atoms with Crippen molar-refractivity contribution in [3.63, 3.8) is 0 Å². The predicted octanol–water partition coefficient (Wildman–Crippen LogP) is -0.00250. The first kappa shape index (κ1) is 23.4. The molecule has 0 heterocycles. The zero-order chi connectivity index (χ0) is 0. The Morgan fingerprint density at radius 3 is 0.500 bits per heavy atom. The minimum Gasteiger partial charge on any atom is 0 e. The molecule has 0 saturated carbocycles. The van der Waals surface area contributed by atoms with Crippen LogP contribution in [0.25, 0.3) is 0 Å². The van der Waals surface area contributed by atoms with Crippen LogP contribution in [0.3, 0.4) is 0 Å². The summed E-state index contributed by atoms with van der Waals surface area (Å²) >= 11 is 0. The minimum atomic E-state index is 0. The van der Waals surface area contributed by atoms with Gasteiger partial charge in [0.15, 0.2) is 0 Å². The van der Waals surface area contributed by atoms with Crippen LogP contribution in [0, 0.1) is 125 Å². The van der Waals surface area contributed by atoms with Crippen LogP contribution >= 0.6 is 0 Å². The van der Waals surface area contributed by atoms with Crippen molar-refractivity contribution >= 4 is 0 Å². The molecule has 0 atom stereocenters. The molecular weight excluding hydrogens is 479 g/mol. The van der Waals surface area contributed by atoms with Crippen molar-refractivity contribution in [2.24, 2.45) is 0 Å². The number of rotatable bonds is 0. The van der Waals surface area contributed by atoms with E-state index in [2.05, 4.69) is 0 Å². The van der Waals surface area contributed by atoms with E-state index in [1.807, 2.05) is 0 Å². The van der Waals surface area contributed by atoms with Gasteiger partial charge in [0.25, 0.3) is 0 Å². The molecule has 0 nitrogen and oxygen atoms in total. The summed E-state index contributed by atoms with van der Waals surface area (Å²) in [6.07, 6.45) is 0. The molecule has 22 valence electrons. The van der Waals surface area contributed by atoms with Gasteiger partial charge in [0.05, 0.1) is 0 Å². The van der Waals surface area contributed by atoms with Gasteiger partial charge in [-0.3, -0.25) is 0 Å². The summed E-state index contributed by atoms with van der Waals surface area (Å²) in [6.45, 7) is 0. The van der Waals surface area contributed by atoms with E-state index in [1.54, 1.807) is 0 Å². The Kier molecular flexibility index (Phi) is 91.7. The molecule has 0 unspecified atom stereocenters. The van der Waals surface area contributed by atoms with Crippen molar-refractivity contribution < 1.29 is 142 Å². The molecule has 0 aliphatic heterocycles. The molecule has 0 spiro atoms. The Bertz CT molecular complexity index is 3.25. The van der Waals surface area contributed by atoms with Gasteiger partial charge in [-0.25, -0.2) is 0 Å². The third kappa shape index (κ3) is 9.80. The Balaban J connectivity index is 0. The van der Waals surface area contributed by atoms with Gasteiger partial charge in [0.1, 0.15) is 0 Å². The largest absolute Gasteiger partial charge is 0 e. The predicted molar refractivity (Wildman–Crippen MR) is 0 cm³/mol. The van der Waals surface area contributed by atoms with E-state index in [0.717, 1.165) is 0 Å². The molecule has 0 bridgehead atoms. The third-order valence-electron chi connectivity index (χ3n) is 0. The van der Waals surface area contributed by atoms with Crippen molar-refractivity contribution in [1.82, 2.24) is 0 Å². The molecule has 0 aliphatic carbocycles. The Morgan fingerprint density at radius 1 is 0.500 bits per heavy atom. The zero-order valence-corrected chi connectivity index (χ0v) is 12.2. The van der Waals surface area contributed by atoms with Gasteiger partial charge >= 0.3 is 0 Å². The Morgan fingerprint density at radius 2 is 0.500 bits per heavy atom. The summed E-state index contributed by atoms with van der Waals surface area (Å²) in [6, 6.07) is 0. The van der Waals surface area contributed by atoms with Crippen LogP contribution in [0.4, 0.5) is 0 Å². The van der Waals surface area contributed by atoms with Crippen LogP contribution in [0.15, 0.2) is 0 Å². The molecule has 0 aromatic heterocycles. The van der Waals surface area contributed by atoms with Crippen LogP contribution in [0.1, 0.15) is 0 Å². The summed E-state index contributed by atoms with van der Waals surface area (Å²) in [7, 11) is 0. The van der Waals surface area contributed by atoms with Crippen molar-refractivity contribution in [3.05, 3.63) is 0 Å². The molecular formula is Ce3Ni. The van der Waals surface area contributed by atoms with Crippen molar-refractivity contribution in [3.8, 4) is 0 Å². The topological polar surface area (TPSA) is 0 Å². The van der Waals surface area contributed by atoms with Crippen molar-refractivity contribution in [1.29, 1.82) is 0 Å². The van der Waals surface area contributed by atoms with Crippen molar-refractivity contribution in [2.45, 2.75) is 0 Å². The van der Waals surface area contributed by atoms with Gasteiger partial charge in [-0.1, -0.05) is 0 Å². The Labute approximate surface area is 137 Å². The van der Waals surface area contributed by atoms with Gasteiger partial charge in [-0.15, -0.1) is 0 Å². The molecule has 4 heteroatoms. The van der Waals surface area contributed by atoms with Gasteiger partial charge in [0.2, 0.25) is 0 Å². The monoisotopic (exact) mass is 478 g/mol. The fraction of sp³-hybridized carbons (Fsp3) is 0. The molecule has 0 fully saturated rings. The second kappa shape index (κ2) is 15.6. The third-order valence-corrected chi connectivity index (χ3v) is 0. The van der Waals surface area contributed by atoms with E-state index in [0.29, 0.717) is 0 Å². The van der Waals surface area contributed by atoms with E-state index in [-0.39, 0.29) is 142 Å². The molecule has 0 aromatic rings. The number of hydrogen-bond acceptors (Lipinski definition) is 0. The van der Waals surface area contributed by atoms with Crippen LogP contribution < -0.4 is 0 Å². The van der Waals surface area contributed by atoms with E-state index >= 15 is 0 Å². The quantitative estimate of drug-likeness (QED) is 0.430. The summed E-state index contributed by atoms with van der Waals surface area (Å²) in [5, 5.41) is 0. The molecule has 4 heavy (non-hydrogen) atoms. The first-order valence-electron chi connectivity index (χ1n) is 0. The SMILES string of the molecule is [Ce].[Ce].[Ce].[Ni]. The molecule has 0 aromatic carbocycles. The average Bonchev–Trinajstić information content (AvgIpc) is 0. The molecule has 0 rings (SSSR count). The van der Waals surface area contributed by atoms with Gasteiger partial charge in [-0.05, 0) is 0 Å². The number of hydrogen-bond donors (Lipinski definition) is 0. The zero-order valence-electron chi connectivity index (χ0n) is 1.82. The van der Waals surface area contributed by atoms with Crippen LogP contribution in [-0.4, -0.2) is 0 Å². The summed E-state index contributed by atoms with van der Waals surface area (Å²) in [5.41, 5.74) is 0. The first-order valence-corrected chi connectivity index (χ1v) is 0. The maximum Gasteiger partial charge on any atom is 0 e. The molecule has 0 radical (unpaired) electrons. The fourth-order valence-electron chi connectivity index (χ4n) is 0. The van der Waals surface area contributed by atoms with Gasteiger partial charge in [0, 0.05) is 142 Å². The summed E-state index contributed by atoms with van der Waals surface area (Å²) < 4.78 is 0. The van der Waals surface area contributed by atoms with E-state index in [4.69, 9.17) is 0 Å². The molecule has 0 amide bonds. The van der Waals surface area contributed by atoms with Gasteiger partial charge < -0.3 is 0 Å². The Hall–Kier alpha value is 4.62. The van der Waals surface area contributed by atoms with Gasteiger partial charge in [-0.2, -0.15) is 0 Å². The van der Waals surface area contributed by atoms with E-state index in [9.17, 15) is 0 Å². The fourth-order valence-corrected chi connectivity index (χ4v) is 0. The van der Waals surface area contributed by atoms with Crippen molar-refractivity contribution in [2.75, 3.05) is 0 Å². The average molecular weight is 479 g/mol. The maximum absolute atomic E-state index is 0. The smallest absolute Gasteiger partial charge is 0 e.